The largest absolute Gasteiger partial charge is 0.469 e. The number of nitrogens with one attached hydrogen (secondary N) is 2. The van der Waals surface area contributed by atoms with Crippen molar-refractivity contribution >= 4 is 23.1 Å². The lowest BCUT2D eigenvalue weighted by molar-refractivity contribution is -0.142. The Morgan fingerprint density at radius 3 is 2.69 bits per heavy atom. The van der Waals surface area contributed by atoms with Gasteiger partial charge < -0.3 is 15.4 Å². The molecule has 1 aliphatic rings. The fourth-order valence-electron chi connectivity index (χ4n) is 4.41. The Bertz CT molecular complexity index is 1330. The number of esters is 1. The van der Waals surface area contributed by atoms with Crippen LogP contribution in [-0.4, -0.2) is 46.2 Å². The Hall–Kier alpha value is -4.44. The van der Waals surface area contributed by atoms with E-state index >= 15 is 0 Å². The molecule has 0 bridgehead atoms. The molecule has 4 rings (SSSR count). The van der Waals surface area contributed by atoms with E-state index in [1.54, 1.807) is 10.6 Å². The molecular weight excluding hydrogens is 446 g/mol. The number of rotatable bonds is 7. The number of nitrogens with zero attached hydrogens (tertiary/aromatic N) is 5. The lowest BCUT2D eigenvalue weighted by atomic mass is 9.84. The Kier molecular flexibility index (Phi) is 7.22. The fourth-order valence-corrected chi connectivity index (χ4v) is 4.41. The van der Waals surface area contributed by atoms with Gasteiger partial charge in [0.15, 0.2) is 0 Å². The van der Waals surface area contributed by atoms with Crippen molar-refractivity contribution in [2.45, 2.75) is 38.1 Å². The first-order valence-corrected chi connectivity index (χ1v) is 11.4. The van der Waals surface area contributed by atoms with Gasteiger partial charge in [0.1, 0.15) is 12.6 Å². The highest BCUT2D eigenvalue weighted by molar-refractivity contribution is 6.00. The summed E-state index contributed by atoms with van der Waals surface area (Å²) in [5, 5.41) is 28.4. The van der Waals surface area contributed by atoms with Crippen molar-refractivity contribution in [2.75, 3.05) is 19.0 Å². The highest BCUT2D eigenvalue weighted by Crippen LogP contribution is 2.31. The molecule has 0 saturated heterocycles. The molecule has 1 aliphatic carbocycles. The number of amides is 1. The maximum atomic E-state index is 12.7. The normalized spacial score (nSPS) is 17.2. The van der Waals surface area contributed by atoms with Gasteiger partial charge in [0, 0.05) is 18.7 Å². The molecule has 178 valence electrons. The first-order valence-electron chi connectivity index (χ1n) is 11.4. The Balaban J connectivity index is 1.60. The van der Waals surface area contributed by atoms with Crippen LogP contribution < -0.4 is 10.6 Å². The van der Waals surface area contributed by atoms with Crippen LogP contribution >= 0.6 is 0 Å². The molecule has 35 heavy (non-hydrogen) atoms. The minimum absolute atomic E-state index is 0.104. The van der Waals surface area contributed by atoms with Gasteiger partial charge in [0.2, 0.25) is 0 Å². The Morgan fingerprint density at radius 2 is 1.97 bits per heavy atom. The maximum absolute atomic E-state index is 12.7. The molecule has 0 radical (unpaired) electrons. The molecule has 0 spiro atoms. The molecule has 3 aromatic rings. The molecule has 0 unspecified atom stereocenters. The smallest absolute Gasteiger partial charge is 0.305 e. The van der Waals surface area contributed by atoms with Crippen LogP contribution in [0.1, 0.15) is 48.0 Å². The standard InChI is InChI=1S/C25H25N7O3/c1-35-24(33)11-16-2-4-18(5-3-16)31-21-12-22(29-15-20(21)25(34)28-9-8-26)23-7-6-19-10-17(13-27)14-30-32(19)23/h6-7,10,12,14-16,18H,2-5,9,11H2,1H3,(H,28,34)(H,29,31). The molecule has 2 N–H and O–H groups in total. The van der Waals surface area contributed by atoms with Crippen molar-refractivity contribution in [2.24, 2.45) is 5.92 Å². The number of anilines is 1. The van der Waals surface area contributed by atoms with Gasteiger partial charge in [-0.3, -0.25) is 14.6 Å². The third-order valence-electron chi connectivity index (χ3n) is 6.26. The topological polar surface area (TPSA) is 145 Å². The Labute approximate surface area is 202 Å². The SMILES string of the molecule is COC(=O)CC1CCC(Nc2cc(-c3ccc4cc(C#N)cnn34)ncc2C(=O)NCC#N)CC1. The van der Waals surface area contributed by atoms with Gasteiger partial charge in [-0.2, -0.15) is 15.6 Å². The van der Waals surface area contributed by atoms with Crippen molar-refractivity contribution in [1.29, 1.82) is 10.5 Å². The molecule has 0 aliphatic heterocycles. The van der Waals surface area contributed by atoms with Gasteiger partial charge in [0.05, 0.1) is 53.1 Å². The number of carbonyl (C=O) groups is 2. The van der Waals surface area contributed by atoms with Gasteiger partial charge in [-0.05, 0) is 55.9 Å². The minimum atomic E-state index is -0.385. The zero-order chi connectivity index (χ0) is 24.8. The third-order valence-corrected chi connectivity index (χ3v) is 6.26. The van der Waals surface area contributed by atoms with Crippen molar-refractivity contribution in [3.8, 4) is 23.5 Å². The van der Waals surface area contributed by atoms with Crippen LogP contribution in [0.25, 0.3) is 16.9 Å². The van der Waals surface area contributed by atoms with Gasteiger partial charge in [-0.15, -0.1) is 0 Å². The summed E-state index contributed by atoms with van der Waals surface area (Å²) in [6.07, 6.45) is 6.88. The molecule has 1 fully saturated rings. The van der Waals surface area contributed by atoms with Gasteiger partial charge in [-0.1, -0.05) is 0 Å². The van der Waals surface area contributed by atoms with Crippen LogP contribution in [0.15, 0.2) is 36.7 Å². The molecule has 3 heterocycles. The first kappa shape index (κ1) is 23.7. The first-order chi connectivity index (χ1) is 17.0. The van der Waals surface area contributed by atoms with Crippen LogP contribution in [0, 0.1) is 28.6 Å². The average molecular weight is 472 g/mol. The van der Waals surface area contributed by atoms with E-state index in [1.165, 1.54) is 19.5 Å². The maximum Gasteiger partial charge on any atom is 0.305 e. The van der Waals surface area contributed by atoms with E-state index < -0.39 is 0 Å². The lowest BCUT2D eigenvalue weighted by Crippen LogP contribution is -2.30. The summed E-state index contributed by atoms with van der Waals surface area (Å²) in [5.41, 5.74) is 3.52. The number of hydrogen-bond acceptors (Lipinski definition) is 8. The molecule has 0 atom stereocenters. The number of nitriles is 2. The number of fused-ring (bicyclic) bond motifs is 1. The molecular formula is C25H25N7O3. The summed E-state index contributed by atoms with van der Waals surface area (Å²) >= 11 is 0. The summed E-state index contributed by atoms with van der Waals surface area (Å²) in [6.45, 7) is -0.104. The highest BCUT2D eigenvalue weighted by atomic mass is 16.5. The van der Waals surface area contributed by atoms with Crippen LogP contribution in [-0.2, 0) is 9.53 Å². The highest BCUT2D eigenvalue weighted by Gasteiger charge is 2.25. The zero-order valence-corrected chi connectivity index (χ0v) is 19.3. The van der Waals surface area contributed by atoms with E-state index in [9.17, 15) is 9.59 Å². The molecule has 0 aromatic carbocycles. The van der Waals surface area contributed by atoms with Gasteiger partial charge in [0.25, 0.3) is 5.91 Å². The molecule has 10 heteroatoms. The number of carbonyl (C=O) groups excluding carboxylic acids is 2. The van der Waals surface area contributed by atoms with Crippen LogP contribution in [0.3, 0.4) is 0 Å². The van der Waals surface area contributed by atoms with E-state index in [2.05, 4.69) is 26.8 Å². The summed E-state index contributed by atoms with van der Waals surface area (Å²) in [7, 11) is 1.40. The number of methoxy groups -OCH3 is 1. The second-order valence-electron chi connectivity index (χ2n) is 8.51. The van der Waals surface area contributed by atoms with E-state index in [0.717, 1.165) is 36.9 Å². The number of hydrogen-bond donors (Lipinski definition) is 2. The minimum Gasteiger partial charge on any atom is -0.469 e. The monoisotopic (exact) mass is 471 g/mol. The molecule has 3 aromatic heterocycles. The predicted octanol–water partition coefficient (Wildman–Crippen LogP) is 3.06. The second-order valence-corrected chi connectivity index (χ2v) is 8.51. The van der Waals surface area contributed by atoms with E-state index in [1.807, 2.05) is 24.3 Å². The van der Waals surface area contributed by atoms with E-state index in [-0.39, 0.29) is 24.5 Å². The number of aromatic nitrogens is 3. The summed E-state index contributed by atoms with van der Waals surface area (Å²) < 4.78 is 6.48. The average Bonchev–Trinajstić information content (AvgIpc) is 3.31. The third kappa shape index (κ3) is 5.39. The molecule has 10 nitrogen and oxygen atoms in total. The van der Waals surface area contributed by atoms with Crippen molar-refractivity contribution in [3.63, 3.8) is 0 Å². The molecule has 1 amide bonds. The quantitative estimate of drug-likeness (QED) is 0.395. The number of ether oxygens (including phenoxy) is 1. The van der Waals surface area contributed by atoms with Crippen molar-refractivity contribution < 1.29 is 14.3 Å². The summed E-state index contributed by atoms with van der Waals surface area (Å²) in [5.74, 6) is -0.279. The number of pyridine rings is 1. The van der Waals surface area contributed by atoms with E-state index in [0.29, 0.717) is 34.8 Å². The van der Waals surface area contributed by atoms with Crippen LogP contribution in [0.4, 0.5) is 5.69 Å². The Morgan fingerprint density at radius 1 is 1.17 bits per heavy atom. The van der Waals surface area contributed by atoms with Crippen LogP contribution in [0.5, 0.6) is 0 Å². The van der Waals surface area contributed by atoms with Crippen molar-refractivity contribution in [3.05, 3.63) is 47.8 Å². The predicted molar refractivity (Wildman–Crippen MR) is 127 cm³/mol. The lowest BCUT2D eigenvalue weighted by Gasteiger charge is -2.29. The summed E-state index contributed by atoms with van der Waals surface area (Å²) in [6, 6.07) is 11.4. The van der Waals surface area contributed by atoms with Crippen molar-refractivity contribution in [1.82, 2.24) is 19.9 Å². The van der Waals surface area contributed by atoms with Gasteiger partial charge in [-0.25, -0.2) is 4.52 Å². The molecule has 1 saturated carbocycles. The van der Waals surface area contributed by atoms with E-state index in [4.69, 9.17) is 15.3 Å². The second kappa shape index (κ2) is 10.7. The fraction of sp³-hybridized carbons (Fsp3) is 0.360. The van der Waals surface area contributed by atoms with Crippen LogP contribution in [0.2, 0.25) is 0 Å². The zero-order valence-electron chi connectivity index (χ0n) is 19.3. The van der Waals surface area contributed by atoms with Gasteiger partial charge >= 0.3 is 5.97 Å². The summed E-state index contributed by atoms with van der Waals surface area (Å²) in [4.78, 5) is 28.8.